The van der Waals surface area contributed by atoms with Gasteiger partial charge in [0.15, 0.2) is 11.5 Å². The number of carbonyl (C=O) groups is 2. The third kappa shape index (κ3) is 6.08. The quantitative estimate of drug-likeness (QED) is 0.273. The number of hydrogen-bond acceptors (Lipinski definition) is 6. The molecule has 0 bridgehead atoms. The molecule has 0 aromatic heterocycles. The molecule has 1 aliphatic carbocycles. The molecule has 2 fully saturated rings. The fourth-order valence-corrected chi connectivity index (χ4v) is 6.39. The predicted molar refractivity (Wildman–Crippen MR) is 159 cm³/mol. The van der Waals surface area contributed by atoms with Crippen LogP contribution in [0.25, 0.3) is 0 Å². The molecule has 10 heteroatoms. The molecule has 2 aliphatic heterocycles. The minimum absolute atomic E-state index is 0.0434. The number of carboxylic acids is 1. The monoisotopic (exact) mass is 606 g/mol. The first-order valence-corrected chi connectivity index (χ1v) is 15.2. The highest BCUT2D eigenvalue weighted by molar-refractivity contribution is 5.94. The van der Waals surface area contributed by atoms with Crippen molar-refractivity contribution < 1.29 is 37.7 Å². The number of hydrogen-bond donors (Lipinski definition) is 2. The van der Waals surface area contributed by atoms with Crippen LogP contribution in [-0.2, 0) is 22.4 Å². The van der Waals surface area contributed by atoms with Gasteiger partial charge in [0.1, 0.15) is 17.4 Å². The summed E-state index contributed by atoms with van der Waals surface area (Å²) in [7, 11) is 0. The van der Waals surface area contributed by atoms with Crippen LogP contribution in [0.4, 0.5) is 14.5 Å². The van der Waals surface area contributed by atoms with E-state index >= 15 is 4.39 Å². The summed E-state index contributed by atoms with van der Waals surface area (Å²) in [5.41, 5.74) is 2.80. The third-order valence-corrected chi connectivity index (χ3v) is 8.82. The molecule has 1 saturated carbocycles. The number of halogens is 2. The Hall–Kier alpha value is -4.18. The number of fused-ring (bicyclic) bond motifs is 1. The van der Waals surface area contributed by atoms with Crippen LogP contribution >= 0.6 is 0 Å². The zero-order chi connectivity index (χ0) is 31.0. The normalized spacial score (nSPS) is 21.0. The Kier molecular flexibility index (Phi) is 8.44. The molecular weight excluding hydrogens is 570 g/mol. The van der Waals surface area contributed by atoms with Crippen molar-refractivity contribution in [1.29, 1.82) is 0 Å². The van der Waals surface area contributed by atoms with E-state index in [1.807, 2.05) is 38.1 Å². The molecular formula is C34H36F2N2O6. The van der Waals surface area contributed by atoms with Gasteiger partial charge in [0, 0.05) is 30.3 Å². The Bertz CT molecular complexity index is 1530. The number of aryl methyl sites for hydroxylation is 2. The van der Waals surface area contributed by atoms with Crippen LogP contribution in [0.2, 0.25) is 0 Å². The molecule has 2 N–H and O–H groups in total. The largest absolute Gasteiger partial charge is 0.493 e. The summed E-state index contributed by atoms with van der Waals surface area (Å²) < 4.78 is 46.4. The molecule has 3 aromatic carbocycles. The van der Waals surface area contributed by atoms with E-state index in [-0.39, 0.29) is 42.9 Å². The van der Waals surface area contributed by atoms with Crippen molar-refractivity contribution in [3.05, 3.63) is 82.4 Å². The number of nitrogens with zero attached hydrogens (tertiary/aromatic N) is 1. The van der Waals surface area contributed by atoms with E-state index < -0.39 is 29.7 Å². The molecule has 8 nitrogen and oxygen atoms in total. The van der Waals surface area contributed by atoms with Crippen LogP contribution in [0, 0.1) is 23.5 Å². The molecule has 1 saturated heterocycles. The second-order valence-corrected chi connectivity index (χ2v) is 11.7. The van der Waals surface area contributed by atoms with Crippen molar-refractivity contribution in [2.45, 2.75) is 51.5 Å². The Morgan fingerprint density at radius 1 is 1.00 bits per heavy atom. The van der Waals surface area contributed by atoms with Crippen LogP contribution in [0.15, 0.2) is 48.5 Å². The van der Waals surface area contributed by atoms with Crippen molar-refractivity contribution in [2.24, 2.45) is 11.8 Å². The molecule has 2 heterocycles. The first-order chi connectivity index (χ1) is 21.2. The smallest absolute Gasteiger partial charge is 0.309 e. The van der Waals surface area contributed by atoms with E-state index in [0.717, 1.165) is 12.8 Å². The lowest BCUT2D eigenvalue weighted by atomic mass is 9.82. The lowest BCUT2D eigenvalue weighted by Gasteiger charge is -2.27. The van der Waals surface area contributed by atoms with E-state index in [1.54, 1.807) is 4.90 Å². The van der Waals surface area contributed by atoms with Crippen molar-refractivity contribution in [3.8, 4) is 17.2 Å². The van der Waals surface area contributed by atoms with Crippen LogP contribution < -0.4 is 19.5 Å². The molecule has 3 aliphatic rings. The van der Waals surface area contributed by atoms with E-state index in [4.69, 9.17) is 14.2 Å². The second-order valence-electron chi connectivity index (χ2n) is 11.7. The Labute approximate surface area is 254 Å². The van der Waals surface area contributed by atoms with Gasteiger partial charge in [-0.2, -0.15) is 0 Å². The lowest BCUT2D eigenvalue weighted by molar-refractivity contribution is -0.143. The highest BCUT2D eigenvalue weighted by Crippen LogP contribution is 2.48. The summed E-state index contributed by atoms with van der Waals surface area (Å²) in [6.07, 6.45) is 3.36. The van der Waals surface area contributed by atoms with Gasteiger partial charge in [0.2, 0.25) is 12.7 Å². The summed E-state index contributed by atoms with van der Waals surface area (Å²) in [4.78, 5) is 28.3. The second kappa shape index (κ2) is 12.4. The van der Waals surface area contributed by atoms with Gasteiger partial charge in [-0.3, -0.25) is 14.5 Å². The van der Waals surface area contributed by atoms with Crippen LogP contribution in [0.1, 0.15) is 60.9 Å². The van der Waals surface area contributed by atoms with Crippen LogP contribution in [-0.4, -0.2) is 48.4 Å². The van der Waals surface area contributed by atoms with Gasteiger partial charge >= 0.3 is 5.97 Å². The Morgan fingerprint density at radius 2 is 1.66 bits per heavy atom. The molecule has 0 radical (unpaired) electrons. The number of benzene rings is 3. The maximum atomic E-state index is 15.5. The molecule has 3 atom stereocenters. The third-order valence-electron chi connectivity index (χ3n) is 8.82. The SMILES string of the molecule is CCc1cc(F)cc(CC)c1NC(=O)CN1C[C@H](c2cc3c(cc2F)OCO3)[C@@H](C(=O)O)[C@@H]1c1ccc(OCC2CC2)cc1. The molecule has 1 amide bonds. The van der Waals surface area contributed by atoms with Gasteiger partial charge in [-0.25, -0.2) is 8.78 Å². The number of likely N-dealkylation sites (tertiary alicyclic amines) is 1. The van der Waals surface area contributed by atoms with Crippen LogP contribution in [0.3, 0.4) is 0 Å². The number of amides is 1. The number of carbonyl (C=O) groups excluding carboxylic acids is 1. The maximum absolute atomic E-state index is 15.5. The van der Waals surface area contributed by atoms with Gasteiger partial charge in [-0.05, 0) is 84.2 Å². The number of anilines is 1. The van der Waals surface area contributed by atoms with Crippen LogP contribution in [0.5, 0.6) is 17.2 Å². The topological polar surface area (TPSA) is 97.3 Å². The van der Waals surface area contributed by atoms with Crippen molar-refractivity contribution in [2.75, 3.05) is 31.8 Å². The summed E-state index contributed by atoms with van der Waals surface area (Å²) in [6.45, 7) is 4.33. The van der Waals surface area contributed by atoms with Gasteiger partial charge in [0.25, 0.3) is 0 Å². The first-order valence-electron chi connectivity index (χ1n) is 15.2. The lowest BCUT2D eigenvalue weighted by Crippen LogP contribution is -2.35. The van der Waals surface area contributed by atoms with Gasteiger partial charge in [-0.15, -0.1) is 0 Å². The Balaban J connectivity index is 1.33. The molecule has 232 valence electrons. The minimum atomic E-state index is -1.10. The van der Waals surface area contributed by atoms with E-state index in [2.05, 4.69) is 5.32 Å². The number of nitrogens with one attached hydrogen (secondary N) is 1. The number of carboxylic acid groups (broad SMARTS) is 1. The van der Waals surface area contributed by atoms with E-state index in [0.29, 0.717) is 59.2 Å². The summed E-state index contributed by atoms with van der Waals surface area (Å²) in [5.74, 6) is -2.40. The first kappa shape index (κ1) is 29.9. The summed E-state index contributed by atoms with van der Waals surface area (Å²) >= 11 is 0. The van der Waals surface area contributed by atoms with Crippen molar-refractivity contribution >= 4 is 17.6 Å². The zero-order valence-corrected chi connectivity index (χ0v) is 24.8. The number of ether oxygens (including phenoxy) is 3. The minimum Gasteiger partial charge on any atom is -0.493 e. The van der Waals surface area contributed by atoms with E-state index in [9.17, 15) is 19.1 Å². The standard InChI is InChI=1S/C34H36F2N2O6/c1-3-20-11-23(35)12-21(4-2)32(20)37-30(39)16-38-15-26(25-13-28-29(14-27(25)36)44-18-43-28)31(34(40)41)33(38)22-7-9-24(10-8-22)42-17-19-5-6-19/h7-14,19,26,31,33H,3-6,15-18H2,1-2H3,(H,37,39)(H,40,41)/t26-,31-,33+/m1/s1. The highest BCUT2D eigenvalue weighted by Gasteiger charge is 2.49. The maximum Gasteiger partial charge on any atom is 0.309 e. The summed E-state index contributed by atoms with van der Waals surface area (Å²) in [5, 5.41) is 13.5. The van der Waals surface area contributed by atoms with E-state index in [1.165, 1.54) is 24.3 Å². The van der Waals surface area contributed by atoms with Crippen molar-refractivity contribution in [1.82, 2.24) is 4.90 Å². The molecule has 3 aromatic rings. The average molecular weight is 607 g/mol. The fourth-order valence-electron chi connectivity index (χ4n) is 6.39. The zero-order valence-electron chi connectivity index (χ0n) is 24.8. The Morgan fingerprint density at radius 3 is 2.27 bits per heavy atom. The number of aliphatic carboxylic acids is 1. The fraction of sp³-hybridized carbons (Fsp3) is 0.412. The molecule has 6 rings (SSSR count). The highest BCUT2D eigenvalue weighted by atomic mass is 19.1. The molecule has 0 unspecified atom stereocenters. The predicted octanol–water partition coefficient (Wildman–Crippen LogP) is 6.09. The van der Waals surface area contributed by atoms with Gasteiger partial charge in [0.05, 0.1) is 19.1 Å². The van der Waals surface area contributed by atoms with Crippen molar-refractivity contribution in [3.63, 3.8) is 0 Å². The molecule has 44 heavy (non-hydrogen) atoms. The van der Waals surface area contributed by atoms with Gasteiger partial charge in [-0.1, -0.05) is 26.0 Å². The summed E-state index contributed by atoms with van der Waals surface area (Å²) in [6, 6.07) is 12.1. The number of rotatable bonds is 11. The molecule has 0 spiro atoms. The average Bonchev–Trinajstić information content (AvgIpc) is 3.61. The van der Waals surface area contributed by atoms with Gasteiger partial charge < -0.3 is 24.6 Å².